The highest BCUT2D eigenvalue weighted by atomic mass is 79.9. The lowest BCUT2D eigenvalue weighted by atomic mass is 10.1. The lowest BCUT2D eigenvalue weighted by Gasteiger charge is -2.15. The molecule has 0 atom stereocenters. The number of fused-ring (bicyclic) bond motifs is 1. The molecule has 1 aliphatic rings. The maximum absolute atomic E-state index is 12.3. The van der Waals surface area contributed by atoms with Crippen LogP contribution in [-0.4, -0.2) is 34.8 Å². The number of hydrogen-bond acceptors (Lipinski definition) is 5. The van der Waals surface area contributed by atoms with Crippen molar-refractivity contribution in [2.75, 3.05) is 13.2 Å². The van der Waals surface area contributed by atoms with Gasteiger partial charge in [0.1, 0.15) is 12.4 Å². The summed E-state index contributed by atoms with van der Waals surface area (Å²) in [5.41, 5.74) is -0.0433. The second-order valence-electron chi connectivity index (χ2n) is 5.17. The molecule has 1 aliphatic heterocycles. The smallest absolute Gasteiger partial charge is 0.270 e. The number of non-ortho nitro benzene ring substituents is 1. The molecular formula is C16H10BrClN2O5. The zero-order valence-corrected chi connectivity index (χ0v) is 14.9. The summed E-state index contributed by atoms with van der Waals surface area (Å²) in [6.45, 7) is 0.100. The first-order valence-corrected chi connectivity index (χ1v) is 8.28. The topological polar surface area (TPSA) is 89.8 Å². The number of hydrogen-bond donors (Lipinski definition) is 0. The number of benzene rings is 2. The Kier molecular flexibility index (Phi) is 4.73. The maximum Gasteiger partial charge on any atom is 0.270 e. The van der Waals surface area contributed by atoms with Crippen LogP contribution in [0, 0.1) is 10.1 Å². The Morgan fingerprint density at radius 1 is 1.12 bits per heavy atom. The molecule has 1 heterocycles. The van der Waals surface area contributed by atoms with E-state index in [1.54, 1.807) is 18.2 Å². The van der Waals surface area contributed by atoms with Crippen molar-refractivity contribution in [3.05, 3.63) is 67.1 Å². The first-order chi connectivity index (χ1) is 11.9. The molecule has 128 valence electrons. The number of ether oxygens (including phenoxy) is 1. The van der Waals surface area contributed by atoms with Gasteiger partial charge in [-0.25, -0.2) is 0 Å². The molecule has 2 amide bonds. The molecule has 7 nitrogen and oxygen atoms in total. The van der Waals surface area contributed by atoms with Crippen LogP contribution in [0.15, 0.2) is 40.9 Å². The first kappa shape index (κ1) is 17.4. The summed E-state index contributed by atoms with van der Waals surface area (Å²) < 4.78 is 6.20. The molecule has 0 fully saturated rings. The minimum absolute atomic E-state index is 0.0230. The lowest BCUT2D eigenvalue weighted by Crippen LogP contribution is -2.33. The molecule has 3 rings (SSSR count). The third-order valence-corrected chi connectivity index (χ3v) is 4.49. The van der Waals surface area contributed by atoms with E-state index in [0.29, 0.717) is 15.2 Å². The van der Waals surface area contributed by atoms with Crippen LogP contribution in [0.25, 0.3) is 0 Å². The van der Waals surface area contributed by atoms with Crippen molar-refractivity contribution >= 4 is 45.0 Å². The fourth-order valence-electron chi connectivity index (χ4n) is 2.43. The number of rotatable bonds is 5. The van der Waals surface area contributed by atoms with Gasteiger partial charge in [0.05, 0.1) is 27.1 Å². The molecule has 0 saturated heterocycles. The van der Waals surface area contributed by atoms with Gasteiger partial charge >= 0.3 is 0 Å². The lowest BCUT2D eigenvalue weighted by molar-refractivity contribution is -0.384. The van der Waals surface area contributed by atoms with Gasteiger partial charge in [-0.1, -0.05) is 11.6 Å². The fraction of sp³-hybridized carbons (Fsp3) is 0.125. The van der Waals surface area contributed by atoms with Gasteiger partial charge in [0, 0.05) is 17.2 Å². The number of nitro benzene ring substituents is 1. The molecule has 2 aromatic rings. The Bertz CT molecular complexity index is 902. The third-order valence-electron chi connectivity index (χ3n) is 3.63. The van der Waals surface area contributed by atoms with E-state index in [1.165, 1.54) is 12.1 Å². The van der Waals surface area contributed by atoms with Crippen molar-refractivity contribution in [1.82, 2.24) is 4.90 Å². The second kappa shape index (κ2) is 6.81. The van der Waals surface area contributed by atoms with E-state index in [-0.39, 0.29) is 30.0 Å². The summed E-state index contributed by atoms with van der Waals surface area (Å²) in [7, 11) is 0. The molecular weight excluding hydrogens is 416 g/mol. The first-order valence-electron chi connectivity index (χ1n) is 7.11. The highest BCUT2D eigenvalue weighted by Crippen LogP contribution is 2.29. The standard InChI is InChI=1S/C16H10BrClN2O5/c17-13-7-9(18)1-4-14(13)25-6-5-19-15(21)11-3-2-10(20(23)24)8-12(11)16(19)22/h1-4,7-8H,5-6H2. The Hall–Kier alpha value is -2.45. The van der Waals surface area contributed by atoms with Crippen LogP contribution < -0.4 is 4.74 Å². The number of amides is 2. The van der Waals surface area contributed by atoms with Crippen molar-refractivity contribution < 1.29 is 19.2 Å². The third kappa shape index (κ3) is 3.35. The summed E-state index contributed by atoms with van der Waals surface area (Å²) >= 11 is 9.16. The molecule has 9 heteroatoms. The van der Waals surface area contributed by atoms with Gasteiger partial charge in [0.15, 0.2) is 0 Å². The van der Waals surface area contributed by atoms with Crippen LogP contribution >= 0.6 is 27.5 Å². The summed E-state index contributed by atoms with van der Waals surface area (Å²) in [6.07, 6.45) is 0. The molecule has 0 N–H and O–H groups in total. The van der Waals surface area contributed by atoms with Crippen molar-refractivity contribution in [2.24, 2.45) is 0 Å². The number of carbonyl (C=O) groups excluding carboxylic acids is 2. The Morgan fingerprint density at radius 2 is 1.84 bits per heavy atom. The Labute approximate surface area is 155 Å². The molecule has 25 heavy (non-hydrogen) atoms. The van der Waals surface area contributed by atoms with Crippen LogP contribution in [0.2, 0.25) is 5.02 Å². The van der Waals surface area contributed by atoms with E-state index in [1.807, 2.05) is 0 Å². The molecule has 0 radical (unpaired) electrons. The highest BCUT2D eigenvalue weighted by molar-refractivity contribution is 9.10. The van der Waals surface area contributed by atoms with Gasteiger partial charge in [-0.2, -0.15) is 0 Å². The van der Waals surface area contributed by atoms with Crippen molar-refractivity contribution in [2.45, 2.75) is 0 Å². The van der Waals surface area contributed by atoms with Gasteiger partial charge in [0.25, 0.3) is 17.5 Å². The quantitative estimate of drug-likeness (QED) is 0.414. The average Bonchev–Trinajstić information content (AvgIpc) is 2.81. The largest absolute Gasteiger partial charge is 0.491 e. The molecule has 0 bridgehead atoms. The van der Waals surface area contributed by atoms with Crippen molar-refractivity contribution in [1.29, 1.82) is 0 Å². The number of nitro groups is 1. The summed E-state index contributed by atoms with van der Waals surface area (Å²) in [4.78, 5) is 35.9. The Balaban J connectivity index is 1.70. The molecule has 0 aromatic heterocycles. The van der Waals surface area contributed by atoms with E-state index in [9.17, 15) is 19.7 Å². The number of nitrogens with zero attached hydrogens (tertiary/aromatic N) is 2. The van der Waals surface area contributed by atoms with Gasteiger partial charge in [0.2, 0.25) is 0 Å². The van der Waals surface area contributed by atoms with Crippen LogP contribution in [0.5, 0.6) is 5.75 Å². The summed E-state index contributed by atoms with van der Waals surface area (Å²) in [5.74, 6) is -0.534. The maximum atomic E-state index is 12.3. The molecule has 0 aliphatic carbocycles. The van der Waals surface area contributed by atoms with Gasteiger partial charge in [-0.15, -0.1) is 0 Å². The summed E-state index contributed by atoms with van der Waals surface area (Å²) in [5, 5.41) is 11.4. The average molecular weight is 426 g/mol. The number of carbonyl (C=O) groups is 2. The van der Waals surface area contributed by atoms with Crippen LogP contribution in [-0.2, 0) is 0 Å². The monoisotopic (exact) mass is 424 g/mol. The van der Waals surface area contributed by atoms with Crippen LogP contribution in [0.3, 0.4) is 0 Å². The van der Waals surface area contributed by atoms with E-state index >= 15 is 0 Å². The van der Waals surface area contributed by atoms with Crippen molar-refractivity contribution in [3.8, 4) is 5.75 Å². The van der Waals surface area contributed by atoms with E-state index in [4.69, 9.17) is 16.3 Å². The fourth-order valence-corrected chi connectivity index (χ4v) is 3.23. The predicted molar refractivity (Wildman–Crippen MR) is 93.1 cm³/mol. The zero-order valence-electron chi connectivity index (χ0n) is 12.6. The SMILES string of the molecule is O=C1c2ccc([N+](=O)[O-])cc2C(=O)N1CCOc1ccc(Cl)cc1Br. The summed E-state index contributed by atoms with van der Waals surface area (Å²) in [6, 6.07) is 8.60. The minimum Gasteiger partial charge on any atom is -0.491 e. The van der Waals surface area contributed by atoms with Gasteiger partial charge < -0.3 is 4.74 Å². The van der Waals surface area contributed by atoms with Gasteiger partial charge in [-0.3, -0.25) is 24.6 Å². The molecule has 0 spiro atoms. The van der Waals surface area contributed by atoms with Gasteiger partial charge in [-0.05, 0) is 40.2 Å². The predicted octanol–water partition coefficient (Wildman–Crippen LogP) is 3.69. The molecule has 0 unspecified atom stereocenters. The van der Waals surface area contributed by atoms with E-state index in [0.717, 1.165) is 11.0 Å². The molecule has 2 aromatic carbocycles. The van der Waals surface area contributed by atoms with E-state index < -0.39 is 16.7 Å². The second-order valence-corrected chi connectivity index (χ2v) is 6.46. The normalized spacial score (nSPS) is 13.1. The van der Waals surface area contributed by atoms with Crippen molar-refractivity contribution in [3.63, 3.8) is 0 Å². The Morgan fingerprint density at radius 3 is 2.52 bits per heavy atom. The highest BCUT2D eigenvalue weighted by Gasteiger charge is 2.36. The van der Waals surface area contributed by atoms with E-state index in [2.05, 4.69) is 15.9 Å². The zero-order chi connectivity index (χ0) is 18.1. The van der Waals surface area contributed by atoms with Crippen LogP contribution in [0.1, 0.15) is 20.7 Å². The number of halogens is 2. The van der Waals surface area contributed by atoms with Crippen LogP contribution in [0.4, 0.5) is 5.69 Å². The minimum atomic E-state index is -0.609. The number of imide groups is 1. The molecule has 0 saturated carbocycles.